The molecule has 0 unspecified atom stereocenters. The molecule has 1 N–H and O–H groups in total. The molecule has 96 valence electrons. The third-order valence-electron chi connectivity index (χ3n) is 2.07. The van der Waals surface area contributed by atoms with Gasteiger partial charge in [-0.2, -0.15) is 13.2 Å². The fourth-order valence-corrected chi connectivity index (χ4v) is 1.79. The molecule has 0 bridgehead atoms. The minimum Gasteiger partial charge on any atom is -0.300 e. The SMILES string of the molecule is CCC[C@H](C)C(=O)Nc1nnc(C(F)(F)F)s1. The monoisotopic (exact) mass is 267 g/mol. The highest BCUT2D eigenvalue weighted by Gasteiger charge is 2.35. The lowest BCUT2D eigenvalue weighted by atomic mass is 10.1. The number of halogens is 3. The van der Waals surface area contributed by atoms with E-state index >= 15 is 0 Å². The zero-order valence-electron chi connectivity index (χ0n) is 9.34. The van der Waals surface area contributed by atoms with E-state index in [0.29, 0.717) is 17.8 Å². The smallest absolute Gasteiger partial charge is 0.300 e. The molecular weight excluding hydrogens is 255 g/mol. The van der Waals surface area contributed by atoms with Gasteiger partial charge >= 0.3 is 6.18 Å². The molecule has 8 heteroatoms. The van der Waals surface area contributed by atoms with E-state index in [2.05, 4.69) is 15.5 Å². The maximum Gasteiger partial charge on any atom is 0.445 e. The van der Waals surface area contributed by atoms with E-state index in [1.807, 2.05) is 6.92 Å². The molecule has 1 heterocycles. The van der Waals surface area contributed by atoms with Crippen molar-refractivity contribution in [3.05, 3.63) is 5.01 Å². The van der Waals surface area contributed by atoms with Crippen molar-refractivity contribution >= 4 is 22.4 Å². The Morgan fingerprint density at radius 3 is 2.59 bits per heavy atom. The van der Waals surface area contributed by atoms with Gasteiger partial charge in [0, 0.05) is 5.92 Å². The van der Waals surface area contributed by atoms with Crippen molar-refractivity contribution in [3.63, 3.8) is 0 Å². The first-order valence-electron chi connectivity index (χ1n) is 5.06. The van der Waals surface area contributed by atoms with Gasteiger partial charge in [-0.3, -0.25) is 4.79 Å². The van der Waals surface area contributed by atoms with E-state index in [1.54, 1.807) is 6.92 Å². The molecule has 4 nitrogen and oxygen atoms in total. The summed E-state index contributed by atoms with van der Waals surface area (Å²) in [4.78, 5) is 11.5. The minimum absolute atomic E-state index is 0.120. The lowest BCUT2D eigenvalue weighted by molar-refractivity contribution is -0.138. The van der Waals surface area contributed by atoms with Gasteiger partial charge in [-0.05, 0) is 6.42 Å². The fraction of sp³-hybridized carbons (Fsp3) is 0.667. The standard InChI is InChI=1S/C9H12F3N3OS/c1-3-4-5(2)6(16)13-8-15-14-7(17-8)9(10,11)12/h5H,3-4H2,1-2H3,(H,13,15,16)/t5-/m0/s1. The Hall–Kier alpha value is -1.18. The minimum atomic E-state index is -4.52. The highest BCUT2D eigenvalue weighted by atomic mass is 32.1. The Morgan fingerprint density at radius 2 is 2.12 bits per heavy atom. The lowest BCUT2D eigenvalue weighted by Gasteiger charge is -2.07. The van der Waals surface area contributed by atoms with Crippen LogP contribution in [0.1, 0.15) is 31.7 Å². The Labute approximate surface area is 100 Å². The maximum absolute atomic E-state index is 12.2. The predicted octanol–water partition coefficient (Wildman–Crippen LogP) is 2.93. The lowest BCUT2D eigenvalue weighted by Crippen LogP contribution is -2.20. The second kappa shape index (κ2) is 5.44. The predicted molar refractivity (Wildman–Crippen MR) is 57.6 cm³/mol. The Morgan fingerprint density at radius 1 is 1.47 bits per heavy atom. The molecule has 1 amide bonds. The molecule has 1 aromatic rings. The van der Waals surface area contributed by atoms with E-state index in [4.69, 9.17) is 0 Å². The average molecular weight is 267 g/mol. The first-order chi connectivity index (χ1) is 7.84. The molecule has 0 aliphatic carbocycles. The molecule has 0 fully saturated rings. The summed E-state index contributed by atoms with van der Waals surface area (Å²) in [5.41, 5.74) is 0. The van der Waals surface area contributed by atoms with E-state index in [0.717, 1.165) is 6.42 Å². The van der Waals surface area contributed by atoms with Crippen LogP contribution >= 0.6 is 11.3 Å². The summed E-state index contributed by atoms with van der Waals surface area (Å²) >= 11 is 0.324. The van der Waals surface area contributed by atoms with Gasteiger partial charge in [0.25, 0.3) is 0 Å². The Kier molecular flexibility index (Phi) is 4.44. The number of carbonyl (C=O) groups excluding carboxylic acids is 1. The van der Waals surface area contributed by atoms with Gasteiger partial charge in [-0.25, -0.2) is 0 Å². The van der Waals surface area contributed by atoms with Crippen LogP contribution in [0, 0.1) is 5.92 Å². The summed E-state index contributed by atoms with van der Waals surface area (Å²) in [7, 11) is 0. The third-order valence-corrected chi connectivity index (χ3v) is 2.95. The fourth-order valence-electron chi connectivity index (χ4n) is 1.18. The van der Waals surface area contributed by atoms with E-state index < -0.39 is 11.2 Å². The van der Waals surface area contributed by atoms with Crippen molar-refractivity contribution in [2.45, 2.75) is 32.9 Å². The first-order valence-corrected chi connectivity index (χ1v) is 5.87. The largest absolute Gasteiger partial charge is 0.445 e. The molecule has 1 rings (SSSR count). The summed E-state index contributed by atoms with van der Waals surface area (Å²) in [5.74, 6) is -0.588. The van der Waals surface area contributed by atoms with Crippen molar-refractivity contribution in [2.75, 3.05) is 5.32 Å². The second-order valence-corrected chi connectivity index (χ2v) is 4.57. The summed E-state index contributed by atoms with van der Waals surface area (Å²) in [5, 5.41) is 7.40. The van der Waals surface area contributed by atoms with Crippen LogP contribution in [0.5, 0.6) is 0 Å². The number of rotatable bonds is 4. The highest BCUT2D eigenvalue weighted by molar-refractivity contribution is 7.15. The van der Waals surface area contributed by atoms with Crippen LogP contribution in [0.2, 0.25) is 0 Å². The molecule has 1 aromatic heterocycles. The zero-order chi connectivity index (χ0) is 13.1. The maximum atomic E-state index is 12.2. The van der Waals surface area contributed by atoms with E-state index in [1.165, 1.54) is 0 Å². The number of alkyl halides is 3. The van der Waals surface area contributed by atoms with Gasteiger partial charge in [0.2, 0.25) is 16.0 Å². The van der Waals surface area contributed by atoms with Crippen molar-refractivity contribution < 1.29 is 18.0 Å². The van der Waals surface area contributed by atoms with Gasteiger partial charge in [-0.15, -0.1) is 10.2 Å². The van der Waals surface area contributed by atoms with Crippen LogP contribution < -0.4 is 5.32 Å². The highest BCUT2D eigenvalue weighted by Crippen LogP contribution is 2.33. The molecule has 0 spiro atoms. The number of nitrogens with one attached hydrogen (secondary N) is 1. The Bertz CT molecular complexity index is 391. The number of aromatic nitrogens is 2. The second-order valence-electron chi connectivity index (χ2n) is 3.59. The summed E-state index contributed by atoms with van der Waals surface area (Å²) in [6, 6.07) is 0. The number of hydrogen-bond acceptors (Lipinski definition) is 4. The normalized spacial score (nSPS) is 13.5. The zero-order valence-corrected chi connectivity index (χ0v) is 10.2. The van der Waals surface area contributed by atoms with Gasteiger partial charge < -0.3 is 5.32 Å². The van der Waals surface area contributed by atoms with Crippen LogP contribution in [0.4, 0.5) is 18.3 Å². The van der Waals surface area contributed by atoms with Crippen LogP contribution in [-0.4, -0.2) is 16.1 Å². The number of nitrogens with zero attached hydrogens (tertiary/aromatic N) is 2. The van der Waals surface area contributed by atoms with Crippen LogP contribution in [0.25, 0.3) is 0 Å². The van der Waals surface area contributed by atoms with Gasteiger partial charge in [0.15, 0.2) is 0 Å². The quantitative estimate of drug-likeness (QED) is 0.912. The molecule has 0 radical (unpaired) electrons. The van der Waals surface area contributed by atoms with Crippen molar-refractivity contribution in [1.29, 1.82) is 0 Å². The van der Waals surface area contributed by atoms with Crippen molar-refractivity contribution in [3.8, 4) is 0 Å². The number of hydrogen-bond donors (Lipinski definition) is 1. The van der Waals surface area contributed by atoms with Gasteiger partial charge in [0.05, 0.1) is 0 Å². The molecule has 0 saturated heterocycles. The topological polar surface area (TPSA) is 54.9 Å². The molecule has 0 aliphatic heterocycles. The molecule has 17 heavy (non-hydrogen) atoms. The van der Waals surface area contributed by atoms with Crippen LogP contribution in [-0.2, 0) is 11.0 Å². The first kappa shape index (κ1) is 13.9. The molecule has 0 saturated carbocycles. The van der Waals surface area contributed by atoms with Gasteiger partial charge in [0.1, 0.15) is 0 Å². The third kappa shape index (κ3) is 3.95. The van der Waals surface area contributed by atoms with E-state index in [9.17, 15) is 18.0 Å². The average Bonchev–Trinajstić information content (AvgIpc) is 2.66. The summed E-state index contributed by atoms with van der Waals surface area (Å²) in [6.07, 6.45) is -3.01. The van der Waals surface area contributed by atoms with Crippen LogP contribution in [0.3, 0.4) is 0 Å². The molecular formula is C9H12F3N3OS. The van der Waals surface area contributed by atoms with Crippen LogP contribution in [0.15, 0.2) is 0 Å². The van der Waals surface area contributed by atoms with Gasteiger partial charge in [-0.1, -0.05) is 31.6 Å². The number of anilines is 1. The number of amides is 1. The van der Waals surface area contributed by atoms with Crippen molar-refractivity contribution in [2.24, 2.45) is 5.92 Å². The summed E-state index contributed by atoms with van der Waals surface area (Å²) in [6.45, 7) is 3.64. The van der Waals surface area contributed by atoms with E-state index in [-0.39, 0.29) is 17.0 Å². The summed E-state index contributed by atoms with van der Waals surface area (Å²) < 4.78 is 36.6. The Balaban J connectivity index is 2.64. The number of carbonyl (C=O) groups is 1. The molecule has 0 aromatic carbocycles. The molecule has 1 atom stereocenters. The van der Waals surface area contributed by atoms with Crippen molar-refractivity contribution in [1.82, 2.24) is 10.2 Å². The molecule has 0 aliphatic rings.